The Hall–Kier alpha value is -1.66. The van der Waals surface area contributed by atoms with E-state index in [0.717, 1.165) is 44.9 Å². The lowest BCUT2D eigenvalue weighted by Crippen LogP contribution is -2.45. The van der Waals surface area contributed by atoms with Gasteiger partial charge in [-0.25, -0.2) is 0 Å². The van der Waals surface area contributed by atoms with Crippen LogP contribution in [0, 0.1) is 0 Å². The number of aliphatic hydroxyl groups excluding tert-OH is 2. The van der Waals surface area contributed by atoms with E-state index in [2.05, 4.69) is 31.3 Å². The van der Waals surface area contributed by atoms with Crippen molar-refractivity contribution >= 4 is 11.9 Å². The Morgan fingerprint density at radius 1 is 0.351 bits per heavy atom. The average Bonchev–Trinajstić information content (AvgIpc) is 3.43. The van der Waals surface area contributed by atoms with Crippen LogP contribution in [0.5, 0.6) is 0 Å². The molecule has 0 radical (unpaired) electrons. The summed E-state index contributed by atoms with van der Waals surface area (Å²) in [6.45, 7) is 4.93. The molecule has 0 saturated carbocycles. The molecule has 0 fully saturated rings. The number of allylic oxidation sites excluding steroid dienone is 3. The summed E-state index contributed by atoms with van der Waals surface area (Å²) in [6, 6.07) is -0.627. The maximum Gasteiger partial charge on any atom is 0.305 e. The van der Waals surface area contributed by atoms with Crippen LogP contribution >= 0.6 is 0 Å². The number of nitrogens with one attached hydrogen (secondary N) is 1. The summed E-state index contributed by atoms with van der Waals surface area (Å²) in [5.74, 6) is -0.0525. The van der Waals surface area contributed by atoms with E-state index in [1.54, 1.807) is 6.08 Å². The lowest BCUT2D eigenvalue weighted by Gasteiger charge is -2.20. The normalized spacial score (nSPS) is 12.6. The van der Waals surface area contributed by atoms with Gasteiger partial charge in [-0.15, -0.1) is 0 Å². The highest BCUT2D eigenvalue weighted by molar-refractivity contribution is 5.76. The van der Waals surface area contributed by atoms with E-state index < -0.39 is 12.1 Å². The topological polar surface area (TPSA) is 95.9 Å². The van der Waals surface area contributed by atoms with Crippen LogP contribution in [-0.4, -0.2) is 47.4 Å². The van der Waals surface area contributed by atoms with Crippen LogP contribution in [0.15, 0.2) is 24.3 Å². The zero-order chi connectivity index (χ0) is 55.7. The fourth-order valence-electron chi connectivity index (χ4n) is 11.1. The minimum absolute atomic E-state index is 0.00963. The number of amides is 1. The second-order valence-electron chi connectivity index (χ2n) is 24.2. The molecule has 1 amide bonds. The Morgan fingerprint density at radius 2 is 0.610 bits per heavy atom. The molecule has 0 aliphatic carbocycles. The first kappa shape index (κ1) is 75.3. The number of unbranched alkanes of at least 4 members (excludes halogenated alkanes) is 53. The van der Waals surface area contributed by atoms with Crippen molar-refractivity contribution in [1.82, 2.24) is 5.32 Å². The van der Waals surface area contributed by atoms with E-state index in [9.17, 15) is 19.8 Å². The first-order valence-electron chi connectivity index (χ1n) is 35.1. The van der Waals surface area contributed by atoms with Crippen molar-refractivity contribution < 1.29 is 24.5 Å². The number of esters is 1. The van der Waals surface area contributed by atoms with Gasteiger partial charge in [0.15, 0.2) is 0 Å². The molecule has 2 atom stereocenters. The third kappa shape index (κ3) is 63.4. The smallest absolute Gasteiger partial charge is 0.305 e. The second kappa shape index (κ2) is 66.8. The largest absolute Gasteiger partial charge is 0.466 e. The second-order valence-corrected chi connectivity index (χ2v) is 24.2. The molecule has 0 aromatic rings. The van der Waals surface area contributed by atoms with Gasteiger partial charge in [0, 0.05) is 12.8 Å². The van der Waals surface area contributed by atoms with Gasteiger partial charge in [0.05, 0.1) is 25.4 Å². The molecule has 6 heteroatoms. The zero-order valence-corrected chi connectivity index (χ0v) is 52.2. The molecule has 0 spiro atoms. The van der Waals surface area contributed by atoms with E-state index in [1.165, 1.54) is 321 Å². The van der Waals surface area contributed by atoms with Crippen molar-refractivity contribution in [2.45, 2.75) is 405 Å². The van der Waals surface area contributed by atoms with E-state index in [4.69, 9.17) is 4.74 Å². The van der Waals surface area contributed by atoms with Gasteiger partial charge in [0.2, 0.25) is 5.91 Å². The fourth-order valence-corrected chi connectivity index (χ4v) is 11.1. The molecule has 456 valence electrons. The van der Waals surface area contributed by atoms with Crippen molar-refractivity contribution in [2.75, 3.05) is 13.2 Å². The predicted molar refractivity (Wildman–Crippen MR) is 338 cm³/mol. The number of aliphatic hydroxyl groups is 2. The van der Waals surface area contributed by atoms with E-state index in [1.807, 2.05) is 6.08 Å². The minimum atomic E-state index is -0.843. The van der Waals surface area contributed by atoms with E-state index in [0.29, 0.717) is 19.4 Å². The standard InChI is InChI=1S/C71H137NO5/c1-3-5-7-9-11-13-15-17-19-20-29-32-36-39-43-47-51-55-59-63-69(74)68(67-73)72-70(75)64-60-56-52-48-44-40-37-33-30-27-25-23-21-22-24-26-28-31-34-38-42-46-50-54-58-62-66-77-71(76)65-61-57-53-49-45-41-35-18-16-14-12-10-8-6-4-2/h18,35,59,63,68-69,73-74H,3-17,19-34,36-58,60-62,64-67H2,1-2H3,(H,72,75)/b35-18-,63-59+. The summed E-state index contributed by atoms with van der Waals surface area (Å²) < 4.78 is 5.49. The van der Waals surface area contributed by atoms with Gasteiger partial charge in [-0.3, -0.25) is 9.59 Å². The molecule has 0 saturated heterocycles. The van der Waals surface area contributed by atoms with Crippen LogP contribution in [0.4, 0.5) is 0 Å². The molecule has 0 aromatic carbocycles. The number of rotatable bonds is 66. The number of hydrogen-bond acceptors (Lipinski definition) is 5. The van der Waals surface area contributed by atoms with Crippen molar-refractivity contribution in [3.63, 3.8) is 0 Å². The Balaban J connectivity index is 3.38. The van der Waals surface area contributed by atoms with Gasteiger partial charge in [0.25, 0.3) is 0 Å². The van der Waals surface area contributed by atoms with Gasteiger partial charge < -0.3 is 20.3 Å². The fraction of sp³-hybridized carbons (Fsp3) is 0.915. The Bertz CT molecular complexity index is 1200. The molecule has 0 aromatic heterocycles. The molecule has 0 bridgehead atoms. The SMILES string of the molecule is CCCCCCCC/C=C\CCCCCCCC(=O)OCCCCCCCCCCCCCCCCCCCCCCCCCCCCC(=O)NC(CO)C(O)/C=C/CCCCCCCCCCCCCCCCCCC. The number of ether oxygens (including phenoxy) is 1. The molecule has 2 unspecified atom stereocenters. The monoisotopic (exact) mass is 1080 g/mol. The zero-order valence-electron chi connectivity index (χ0n) is 52.2. The molecule has 0 aliphatic rings. The van der Waals surface area contributed by atoms with Crippen LogP contribution in [0.1, 0.15) is 393 Å². The predicted octanol–water partition coefficient (Wildman–Crippen LogP) is 22.5. The third-order valence-corrected chi connectivity index (χ3v) is 16.5. The maximum absolute atomic E-state index is 12.5. The number of hydrogen-bond donors (Lipinski definition) is 3. The molecular weight excluding hydrogens is 947 g/mol. The summed E-state index contributed by atoms with van der Waals surface area (Å²) >= 11 is 0. The molecule has 3 N–H and O–H groups in total. The van der Waals surface area contributed by atoms with Gasteiger partial charge in [0.1, 0.15) is 0 Å². The average molecular weight is 1080 g/mol. The highest BCUT2D eigenvalue weighted by atomic mass is 16.5. The number of carbonyl (C=O) groups is 2. The summed E-state index contributed by atoms with van der Waals surface area (Å²) in [4.78, 5) is 24.6. The summed E-state index contributed by atoms with van der Waals surface area (Å²) in [7, 11) is 0. The summed E-state index contributed by atoms with van der Waals surface area (Å²) in [5, 5.41) is 23.2. The molecule has 6 nitrogen and oxygen atoms in total. The highest BCUT2D eigenvalue weighted by Crippen LogP contribution is 2.19. The maximum atomic E-state index is 12.5. The Labute approximate surface area is 481 Å². The van der Waals surface area contributed by atoms with Gasteiger partial charge in [-0.05, 0) is 57.8 Å². The van der Waals surface area contributed by atoms with Crippen molar-refractivity contribution in [1.29, 1.82) is 0 Å². The van der Waals surface area contributed by atoms with Crippen LogP contribution in [0.25, 0.3) is 0 Å². The van der Waals surface area contributed by atoms with Crippen molar-refractivity contribution in [3.8, 4) is 0 Å². The first-order chi connectivity index (χ1) is 38.0. The molecule has 77 heavy (non-hydrogen) atoms. The van der Waals surface area contributed by atoms with E-state index >= 15 is 0 Å². The summed E-state index contributed by atoms with van der Waals surface area (Å²) in [6.07, 6.45) is 83.9. The number of carbonyl (C=O) groups excluding carboxylic acids is 2. The molecular formula is C71H137NO5. The van der Waals surface area contributed by atoms with Gasteiger partial charge in [-0.1, -0.05) is 346 Å². The lowest BCUT2D eigenvalue weighted by atomic mass is 10.0. The Kier molecular flexibility index (Phi) is 65.4. The molecule has 0 rings (SSSR count). The van der Waals surface area contributed by atoms with Crippen LogP contribution in [0.3, 0.4) is 0 Å². The van der Waals surface area contributed by atoms with Crippen LogP contribution < -0.4 is 5.32 Å². The Morgan fingerprint density at radius 3 is 0.922 bits per heavy atom. The highest BCUT2D eigenvalue weighted by Gasteiger charge is 2.18. The van der Waals surface area contributed by atoms with Crippen LogP contribution in [0.2, 0.25) is 0 Å². The van der Waals surface area contributed by atoms with E-state index in [-0.39, 0.29) is 18.5 Å². The van der Waals surface area contributed by atoms with Gasteiger partial charge in [-0.2, -0.15) is 0 Å². The van der Waals surface area contributed by atoms with Crippen molar-refractivity contribution in [2.24, 2.45) is 0 Å². The molecule has 0 heterocycles. The van der Waals surface area contributed by atoms with Gasteiger partial charge >= 0.3 is 5.97 Å². The quantitative estimate of drug-likeness (QED) is 0.0320. The third-order valence-electron chi connectivity index (χ3n) is 16.5. The van der Waals surface area contributed by atoms with Crippen LogP contribution in [-0.2, 0) is 14.3 Å². The first-order valence-corrected chi connectivity index (χ1v) is 35.1. The summed E-state index contributed by atoms with van der Waals surface area (Å²) in [5.41, 5.74) is 0. The minimum Gasteiger partial charge on any atom is -0.466 e. The van der Waals surface area contributed by atoms with Crippen molar-refractivity contribution in [3.05, 3.63) is 24.3 Å². The molecule has 0 aliphatic heterocycles. The lowest BCUT2D eigenvalue weighted by molar-refractivity contribution is -0.143.